The number of carbonyl (C=O) groups excluding carboxylic acids is 1. The fraction of sp³-hybridized carbons (Fsp3) is 0.167. The van der Waals surface area contributed by atoms with Gasteiger partial charge in [-0.3, -0.25) is 25.0 Å². The summed E-state index contributed by atoms with van der Waals surface area (Å²) in [5.74, 6) is 0.275. The van der Waals surface area contributed by atoms with Crippen LogP contribution in [0, 0.1) is 20.2 Å². The summed E-state index contributed by atoms with van der Waals surface area (Å²) >= 11 is 0. The van der Waals surface area contributed by atoms with Gasteiger partial charge in [0.05, 0.1) is 42.8 Å². The minimum Gasteiger partial charge on any atom is -0.496 e. The quantitative estimate of drug-likeness (QED) is 0.291. The highest BCUT2D eigenvalue weighted by molar-refractivity contribution is 6.11. The van der Waals surface area contributed by atoms with Crippen LogP contribution in [0.1, 0.15) is 15.9 Å². The van der Waals surface area contributed by atoms with Crippen LogP contribution in [0.3, 0.4) is 0 Å². The molecular formula is C18H16N2O8. The molecule has 0 aliphatic heterocycles. The molecule has 0 fully saturated rings. The first-order chi connectivity index (χ1) is 13.3. The Kier molecular flexibility index (Phi) is 6.27. The first-order valence-corrected chi connectivity index (χ1v) is 7.77. The summed E-state index contributed by atoms with van der Waals surface area (Å²) in [6.45, 7) is 0. The number of benzene rings is 2. The van der Waals surface area contributed by atoms with Crippen LogP contribution in [0.5, 0.6) is 17.2 Å². The first kappa shape index (κ1) is 20.4. The lowest BCUT2D eigenvalue weighted by molar-refractivity contribution is -0.394. The number of methoxy groups -OCH3 is 3. The molecule has 2 rings (SSSR count). The minimum absolute atomic E-state index is 0.0374. The third-order valence-electron chi connectivity index (χ3n) is 3.80. The summed E-state index contributed by atoms with van der Waals surface area (Å²) in [6, 6.07) is 6.14. The van der Waals surface area contributed by atoms with Crippen molar-refractivity contribution in [2.24, 2.45) is 0 Å². The van der Waals surface area contributed by atoms with E-state index in [-0.39, 0.29) is 22.6 Å². The van der Waals surface area contributed by atoms with Crippen molar-refractivity contribution in [2.75, 3.05) is 21.3 Å². The average molecular weight is 388 g/mol. The molecule has 0 bridgehead atoms. The SMILES string of the molecule is COc1cc(OC)c(C(=O)C=Cc2ccc([N+](=O)[O-])cc2[N+](=O)[O-])c(OC)c1. The number of hydrogen-bond acceptors (Lipinski definition) is 8. The predicted octanol–water partition coefficient (Wildman–Crippen LogP) is 3.42. The second-order valence-electron chi connectivity index (χ2n) is 5.36. The van der Waals surface area contributed by atoms with Crippen LogP contribution < -0.4 is 14.2 Å². The molecule has 2 aromatic rings. The van der Waals surface area contributed by atoms with E-state index in [1.165, 1.54) is 45.6 Å². The number of ketones is 1. The standard InChI is InChI=1S/C18H16N2O8/c1-26-13-9-16(27-2)18(17(10-13)28-3)15(21)7-5-11-4-6-12(19(22)23)8-14(11)20(24)25/h4-10H,1-3H3. The van der Waals surface area contributed by atoms with E-state index in [1.807, 2.05) is 0 Å². The summed E-state index contributed by atoms with van der Waals surface area (Å²) in [7, 11) is 4.19. The summed E-state index contributed by atoms with van der Waals surface area (Å²) in [6.07, 6.45) is 2.30. The highest BCUT2D eigenvalue weighted by atomic mass is 16.6. The van der Waals surface area contributed by atoms with E-state index in [2.05, 4.69) is 0 Å². The number of carbonyl (C=O) groups is 1. The lowest BCUT2D eigenvalue weighted by Crippen LogP contribution is -2.03. The second-order valence-corrected chi connectivity index (χ2v) is 5.36. The molecule has 0 heterocycles. The number of allylic oxidation sites excluding steroid dienone is 1. The van der Waals surface area contributed by atoms with Crippen LogP contribution in [0.15, 0.2) is 36.4 Å². The van der Waals surface area contributed by atoms with Crippen molar-refractivity contribution in [1.29, 1.82) is 0 Å². The van der Waals surface area contributed by atoms with Crippen molar-refractivity contribution >= 4 is 23.2 Å². The number of non-ortho nitro benzene ring substituents is 1. The normalized spacial score (nSPS) is 10.5. The van der Waals surface area contributed by atoms with E-state index < -0.39 is 27.0 Å². The van der Waals surface area contributed by atoms with Crippen molar-refractivity contribution in [3.05, 3.63) is 67.8 Å². The van der Waals surface area contributed by atoms with E-state index >= 15 is 0 Å². The highest BCUT2D eigenvalue weighted by Gasteiger charge is 2.20. The summed E-state index contributed by atoms with van der Waals surface area (Å²) in [4.78, 5) is 33.2. The summed E-state index contributed by atoms with van der Waals surface area (Å²) in [5, 5.41) is 22.0. The molecule has 0 saturated heterocycles. The molecule has 0 atom stereocenters. The van der Waals surface area contributed by atoms with Gasteiger partial charge in [-0.2, -0.15) is 0 Å². The van der Waals surface area contributed by atoms with E-state index in [1.54, 1.807) is 0 Å². The zero-order valence-electron chi connectivity index (χ0n) is 15.2. The van der Waals surface area contributed by atoms with Crippen LogP contribution in [-0.4, -0.2) is 37.0 Å². The topological polar surface area (TPSA) is 131 Å². The maximum Gasteiger partial charge on any atom is 0.283 e. The number of nitro benzene ring substituents is 2. The molecule has 2 aromatic carbocycles. The molecule has 0 aliphatic rings. The number of ether oxygens (including phenoxy) is 3. The van der Waals surface area contributed by atoms with Gasteiger partial charge in [0.1, 0.15) is 22.8 Å². The van der Waals surface area contributed by atoms with Gasteiger partial charge in [-0.05, 0) is 18.2 Å². The maximum absolute atomic E-state index is 12.7. The monoisotopic (exact) mass is 388 g/mol. The Morgan fingerprint density at radius 2 is 1.54 bits per heavy atom. The molecule has 10 heteroatoms. The fourth-order valence-corrected chi connectivity index (χ4v) is 2.44. The third kappa shape index (κ3) is 4.23. The van der Waals surface area contributed by atoms with Gasteiger partial charge in [0, 0.05) is 18.2 Å². The Morgan fingerprint density at radius 1 is 0.929 bits per heavy atom. The van der Waals surface area contributed by atoms with Crippen molar-refractivity contribution in [1.82, 2.24) is 0 Å². The minimum atomic E-state index is -0.758. The Bertz CT molecular complexity index is 943. The molecule has 0 aliphatic carbocycles. The van der Waals surface area contributed by atoms with Gasteiger partial charge in [-0.25, -0.2) is 0 Å². The lowest BCUT2D eigenvalue weighted by Gasteiger charge is -2.13. The Balaban J connectivity index is 2.47. The van der Waals surface area contributed by atoms with Gasteiger partial charge in [0.25, 0.3) is 11.4 Å². The van der Waals surface area contributed by atoms with E-state index in [9.17, 15) is 25.0 Å². The molecule has 28 heavy (non-hydrogen) atoms. The largest absolute Gasteiger partial charge is 0.496 e. The number of rotatable bonds is 8. The van der Waals surface area contributed by atoms with Crippen molar-refractivity contribution < 1.29 is 28.9 Å². The van der Waals surface area contributed by atoms with Gasteiger partial charge in [0.2, 0.25) is 0 Å². The molecule has 0 N–H and O–H groups in total. The third-order valence-corrected chi connectivity index (χ3v) is 3.80. The second kappa shape index (κ2) is 8.62. The molecular weight excluding hydrogens is 372 g/mol. The molecule has 0 radical (unpaired) electrons. The van der Waals surface area contributed by atoms with Crippen molar-refractivity contribution in [3.8, 4) is 17.2 Å². The van der Waals surface area contributed by atoms with Gasteiger partial charge >= 0.3 is 0 Å². The number of hydrogen-bond donors (Lipinski definition) is 0. The number of nitrogens with zero attached hydrogens (tertiary/aromatic N) is 2. The smallest absolute Gasteiger partial charge is 0.283 e. The Morgan fingerprint density at radius 3 is 2.00 bits per heavy atom. The van der Waals surface area contributed by atoms with Crippen molar-refractivity contribution in [3.63, 3.8) is 0 Å². The zero-order valence-corrected chi connectivity index (χ0v) is 15.2. The summed E-state index contributed by atoms with van der Waals surface area (Å²) < 4.78 is 15.5. The molecule has 0 amide bonds. The lowest BCUT2D eigenvalue weighted by atomic mass is 10.1. The van der Waals surface area contributed by atoms with Crippen LogP contribution >= 0.6 is 0 Å². The molecule has 146 valence electrons. The van der Waals surface area contributed by atoms with Crippen LogP contribution in [-0.2, 0) is 0 Å². The van der Waals surface area contributed by atoms with E-state index in [4.69, 9.17) is 14.2 Å². The van der Waals surface area contributed by atoms with Gasteiger partial charge in [-0.15, -0.1) is 0 Å². The van der Waals surface area contributed by atoms with E-state index in [0.717, 1.165) is 18.2 Å². The molecule has 0 saturated carbocycles. The van der Waals surface area contributed by atoms with Crippen LogP contribution in [0.4, 0.5) is 11.4 Å². The Labute approximate surface area is 159 Å². The van der Waals surface area contributed by atoms with E-state index in [0.29, 0.717) is 5.75 Å². The molecule has 0 spiro atoms. The summed E-state index contributed by atoms with van der Waals surface area (Å²) in [5.41, 5.74) is -0.775. The Hall–Kier alpha value is -3.95. The van der Waals surface area contributed by atoms with Crippen molar-refractivity contribution in [2.45, 2.75) is 0 Å². The zero-order chi connectivity index (χ0) is 20.8. The molecule has 10 nitrogen and oxygen atoms in total. The van der Waals surface area contributed by atoms with Crippen LogP contribution in [0.25, 0.3) is 6.08 Å². The van der Waals surface area contributed by atoms with Gasteiger partial charge in [-0.1, -0.05) is 0 Å². The average Bonchev–Trinajstić information content (AvgIpc) is 2.70. The maximum atomic E-state index is 12.7. The van der Waals surface area contributed by atoms with Gasteiger partial charge in [0.15, 0.2) is 5.78 Å². The molecule has 0 aromatic heterocycles. The first-order valence-electron chi connectivity index (χ1n) is 7.77. The number of nitro groups is 2. The fourth-order valence-electron chi connectivity index (χ4n) is 2.44. The van der Waals surface area contributed by atoms with Crippen LogP contribution in [0.2, 0.25) is 0 Å². The highest BCUT2D eigenvalue weighted by Crippen LogP contribution is 2.35. The molecule has 0 unspecified atom stereocenters. The van der Waals surface area contributed by atoms with Gasteiger partial charge < -0.3 is 14.2 Å². The predicted molar refractivity (Wildman–Crippen MR) is 99.2 cm³/mol.